The number of sulfone groups is 1. The number of rotatable bonds is 4. The van der Waals surface area contributed by atoms with E-state index in [2.05, 4.69) is 5.32 Å². The summed E-state index contributed by atoms with van der Waals surface area (Å²) in [5, 5.41) is 3.23. The van der Waals surface area contributed by atoms with E-state index in [1.54, 1.807) is 18.0 Å². The molecule has 2 rings (SSSR count). The van der Waals surface area contributed by atoms with Crippen molar-refractivity contribution in [2.75, 3.05) is 30.4 Å². The highest BCUT2D eigenvalue weighted by Crippen LogP contribution is 2.21. The van der Waals surface area contributed by atoms with Crippen LogP contribution < -0.4 is 5.32 Å². The van der Waals surface area contributed by atoms with Gasteiger partial charge in [0.25, 0.3) is 5.91 Å². The van der Waals surface area contributed by atoms with Crippen molar-refractivity contribution in [1.82, 2.24) is 4.90 Å². The van der Waals surface area contributed by atoms with Crippen molar-refractivity contribution in [3.8, 4) is 0 Å². The fourth-order valence-corrected chi connectivity index (χ4v) is 4.41. The molecule has 0 bridgehead atoms. The first-order chi connectivity index (χ1) is 9.84. The highest BCUT2D eigenvalue weighted by atomic mass is 32.2. The third kappa shape index (κ3) is 3.56. The molecular weight excluding hydrogens is 288 g/mol. The lowest BCUT2D eigenvalue weighted by Crippen LogP contribution is -2.37. The van der Waals surface area contributed by atoms with Crippen LogP contribution in [0.4, 0.5) is 5.69 Å². The Hall–Kier alpha value is -1.56. The van der Waals surface area contributed by atoms with Crippen LogP contribution in [-0.2, 0) is 9.84 Å². The number of nitrogens with zero attached hydrogens (tertiary/aromatic N) is 1. The van der Waals surface area contributed by atoms with Crippen LogP contribution in [0.2, 0.25) is 0 Å². The first-order valence-corrected chi connectivity index (χ1v) is 8.98. The monoisotopic (exact) mass is 310 g/mol. The van der Waals surface area contributed by atoms with Gasteiger partial charge in [0.1, 0.15) is 0 Å². The zero-order chi connectivity index (χ0) is 15.6. The van der Waals surface area contributed by atoms with E-state index in [1.807, 2.05) is 26.0 Å². The van der Waals surface area contributed by atoms with Crippen molar-refractivity contribution in [3.63, 3.8) is 0 Å². The molecule has 1 aromatic rings. The van der Waals surface area contributed by atoms with Gasteiger partial charge in [-0.05, 0) is 44.0 Å². The van der Waals surface area contributed by atoms with E-state index < -0.39 is 9.84 Å². The molecule has 0 aliphatic carbocycles. The van der Waals surface area contributed by atoms with Gasteiger partial charge in [-0.2, -0.15) is 0 Å². The lowest BCUT2D eigenvalue weighted by molar-refractivity contribution is 0.0747. The van der Waals surface area contributed by atoms with Crippen LogP contribution in [0.1, 0.15) is 29.3 Å². The van der Waals surface area contributed by atoms with E-state index in [0.717, 1.165) is 17.8 Å². The van der Waals surface area contributed by atoms with E-state index in [0.29, 0.717) is 12.0 Å². The van der Waals surface area contributed by atoms with Crippen LogP contribution in [0.25, 0.3) is 0 Å². The van der Waals surface area contributed by atoms with Gasteiger partial charge in [-0.15, -0.1) is 0 Å². The SMILES string of the molecule is CCNc1ccc(C(=O)N(C)C2CCS(=O)(=O)C2)cc1C. The van der Waals surface area contributed by atoms with Crippen LogP contribution in [-0.4, -0.2) is 50.4 Å². The number of carbonyl (C=O) groups is 1. The van der Waals surface area contributed by atoms with Gasteiger partial charge in [0.15, 0.2) is 9.84 Å². The number of carbonyl (C=O) groups excluding carboxylic acids is 1. The maximum atomic E-state index is 12.5. The summed E-state index contributed by atoms with van der Waals surface area (Å²) >= 11 is 0. The zero-order valence-corrected chi connectivity index (χ0v) is 13.5. The van der Waals surface area contributed by atoms with E-state index in [9.17, 15) is 13.2 Å². The number of benzene rings is 1. The van der Waals surface area contributed by atoms with Crippen LogP contribution in [0, 0.1) is 6.92 Å². The molecule has 1 amide bonds. The molecule has 1 atom stereocenters. The average Bonchev–Trinajstić information content (AvgIpc) is 2.80. The molecule has 21 heavy (non-hydrogen) atoms. The van der Waals surface area contributed by atoms with E-state index in [1.165, 1.54) is 0 Å². The second-order valence-corrected chi connectivity index (χ2v) is 7.76. The van der Waals surface area contributed by atoms with Gasteiger partial charge in [-0.1, -0.05) is 0 Å². The van der Waals surface area contributed by atoms with Crippen LogP contribution in [0.3, 0.4) is 0 Å². The summed E-state index contributed by atoms with van der Waals surface area (Å²) in [4.78, 5) is 14.0. The Morgan fingerprint density at radius 3 is 2.67 bits per heavy atom. The number of hydrogen-bond acceptors (Lipinski definition) is 4. The van der Waals surface area contributed by atoms with Crippen molar-refractivity contribution in [1.29, 1.82) is 0 Å². The Labute approximate surface area is 126 Å². The molecule has 1 fully saturated rings. The number of hydrogen-bond donors (Lipinski definition) is 1. The predicted octanol–water partition coefficient (Wildman–Crippen LogP) is 1.69. The van der Waals surface area contributed by atoms with Gasteiger partial charge in [0.05, 0.1) is 11.5 Å². The number of aryl methyl sites for hydroxylation is 1. The predicted molar refractivity (Wildman–Crippen MR) is 84.5 cm³/mol. The number of nitrogens with one attached hydrogen (secondary N) is 1. The first kappa shape index (κ1) is 15.8. The highest BCUT2D eigenvalue weighted by molar-refractivity contribution is 7.91. The summed E-state index contributed by atoms with van der Waals surface area (Å²) in [6.45, 7) is 4.80. The van der Waals surface area contributed by atoms with Crippen LogP contribution >= 0.6 is 0 Å². The maximum absolute atomic E-state index is 12.5. The van der Waals surface area contributed by atoms with Gasteiger partial charge in [-0.3, -0.25) is 4.79 Å². The fourth-order valence-electron chi connectivity index (χ4n) is 2.64. The summed E-state index contributed by atoms with van der Waals surface area (Å²) < 4.78 is 23.1. The molecule has 1 N–H and O–H groups in total. The fraction of sp³-hybridized carbons (Fsp3) is 0.533. The van der Waals surface area contributed by atoms with E-state index >= 15 is 0 Å². The quantitative estimate of drug-likeness (QED) is 0.919. The molecule has 1 aliphatic heterocycles. The Bertz CT molecular complexity index is 640. The van der Waals surface area contributed by atoms with Crippen molar-refractivity contribution in [2.24, 2.45) is 0 Å². The molecule has 1 aromatic carbocycles. The Kier molecular flexibility index (Phi) is 4.56. The summed E-state index contributed by atoms with van der Waals surface area (Å²) in [5.41, 5.74) is 2.62. The van der Waals surface area contributed by atoms with Crippen molar-refractivity contribution < 1.29 is 13.2 Å². The molecule has 0 radical (unpaired) electrons. The average molecular weight is 310 g/mol. The molecule has 1 saturated heterocycles. The minimum atomic E-state index is -2.98. The van der Waals surface area contributed by atoms with Gasteiger partial charge < -0.3 is 10.2 Å². The zero-order valence-electron chi connectivity index (χ0n) is 12.7. The maximum Gasteiger partial charge on any atom is 0.253 e. The summed E-state index contributed by atoms with van der Waals surface area (Å²) in [5.74, 6) is 0.125. The van der Waals surface area contributed by atoms with Gasteiger partial charge in [0, 0.05) is 30.9 Å². The lowest BCUT2D eigenvalue weighted by atomic mass is 10.1. The molecule has 0 aromatic heterocycles. The van der Waals surface area contributed by atoms with Crippen molar-refractivity contribution in [2.45, 2.75) is 26.3 Å². The van der Waals surface area contributed by atoms with Crippen LogP contribution in [0.15, 0.2) is 18.2 Å². The van der Waals surface area contributed by atoms with E-state index in [-0.39, 0.29) is 23.5 Å². The Morgan fingerprint density at radius 1 is 1.43 bits per heavy atom. The summed E-state index contributed by atoms with van der Waals surface area (Å²) in [7, 11) is -1.30. The Balaban J connectivity index is 2.14. The molecule has 1 heterocycles. The largest absolute Gasteiger partial charge is 0.385 e. The number of anilines is 1. The molecule has 0 spiro atoms. The van der Waals surface area contributed by atoms with E-state index in [4.69, 9.17) is 0 Å². The molecule has 1 aliphatic rings. The standard InChI is InChI=1S/C15H22N2O3S/c1-4-16-14-6-5-12(9-11(14)2)15(18)17(3)13-7-8-21(19,20)10-13/h5-6,9,13,16H,4,7-8,10H2,1-3H3. The second kappa shape index (κ2) is 6.05. The number of amides is 1. The molecular formula is C15H22N2O3S. The van der Waals surface area contributed by atoms with Crippen molar-refractivity contribution >= 4 is 21.4 Å². The third-order valence-electron chi connectivity index (χ3n) is 3.92. The molecule has 0 saturated carbocycles. The minimum absolute atomic E-state index is 0.0731. The molecule has 1 unspecified atom stereocenters. The third-order valence-corrected chi connectivity index (χ3v) is 5.67. The van der Waals surface area contributed by atoms with Gasteiger partial charge in [0.2, 0.25) is 0 Å². The highest BCUT2D eigenvalue weighted by Gasteiger charge is 2.33. The summed E-state index contributed by atoms with van der Waals surface area (Å²) in [6.07, 6.45) is 0.527. The lowest BCUT2D eigenvalue weighted by Gasteiger charge is -2.23. The van der Waals surface area contributed by atoms with Gasteiger partial charge >= 0.3 is 0 Å². The first-order valence-electron chi connectivity index (χ1n) is 7.16. The topological polar surface area (TPSA) is 66.5 Å². The van der Waals surface area contributed by atoms with Crippen LogP contribution in [0.5, 0.6) is 0 Å². The molecule has 116 valence electrons. The molecule has 6 heteroatoms. The minimum Gasteiger partial charge on any atom is -0.385 e. The normalized spacial score (nSPS) is 20.2. The van der Waals surface area contributed by atoms with Crippen molar-refractivity contribution in [3.05, 3.63) is 29.3 Å². The smallest absolute Gasteiger partial charge is 0.253 e. The second-order valence-electron chi connectivity index (χ2n) is 5.53. The summed E-state index contributed by atoms with van der Waals surface area (Å²) in [6, 6.07) is 5.31. The molecule has 5 nitrogen and oxygen atoms in total. The Morgan fingerprint density at radius 2 is 2.14 bits per heavy atom. The van der Waals surface area contributed by atoms with Gasteiger partial charge in [-0.25, -0.2) is 8.42 Å².